The highest BCUT2D eigenvalue weighted by molar-refractivity contribution is 5.59. The summed E-state index contributed by atoms with van der Waals surface area (Å²) in [6.07, 6.45) is 0.00435. The maximum absolute atomic E-state index is 10.7. The molecule has 6 nitrogen and oxygen atoms in total. The zero-order valence-corrected chi connectivity index (χ0v) is 9.64. The highest BCUT2D eigenvalue weighted by Gasteiger charge is 2.14. The van der Waals surface area contributed by atoms with Crippen LogP contribution in [0.15, 0.2) is 18.2 Å². The first-order valence-corrected chi connectivity index (χ1v) is 5.03. The van der Waals surface area contributed by atoms with E-state index < -0.39 is 4.92 Å². The average Bonchev–Trinajstić information content (AvgIpc) is 2.35. The number of rotatable bonds is 5. The topological polar surface area (TPSA) is 88.2 Å². The van der Waals surface area contributed by atoms with E-state index in [1.165, 1.54) is 12.1 Å². The fraction of sp³-hybridized carbons (Fsp3) is 0.364. The molecule has 0 amide bonds. The van der Waals surface area contributed by atoms with Crippen LogP contribution in [0.5, 0.6) is 0 Å². The van der Waals surface area contributed by atoms with Gasteiger partial charge in [-0.1, -0.05) is 0 Å². The van der Waals surface area contributed by atoms with Crippen LogP contribution in [0.3, 0.4) is 0 Å². The first-order chi connectivity index (χ1) is 8.08. The smallest absolute Gasteiger partial charge is 0.289 e. The Morgan fingerprint density at radius 1 is 1.65 bits per heavy atom. The van der Waals surface area contributed by atoms with Crippen LogP contribution in [0, 0.1) is 21.4 Å². The van der Waals surface area contributed by atoms with Crippen molar-refractivity contribution in [3.8, 4) is 6.07 Å². The summed E-state index contributed by atoms with van der Waals surface area (Å²) in [5, 5.41) is 22.5. The van der Waals surface area contributed by atoms with Crippen LogP contribution < -0.4 is 5.32 Å². The molecule has 0 saturated carbocycles. The van der Waals surface area contributed by atoms with Crippen LogP contribution in [0.25, 0.3) is 0 Å². The lowest BCUT2D eigenvalue weighted by Crippen LogP contribution is -2.18. The molecule has 1 N–H and O–H groups in total. The molecule has 17 heavy (non-hydrogen) atoms. The van der Waals surface area contributed by atoms with Crippen LogP contribution in [-0.2, 0) is 4.74 Å². The van der Waals surface area contributed by atoms with E-state index in [0.717, 1.165) is 0 Å². The lowest BCUT2D eigenvalue weighted by atomic mass is 10.2. The summed E-state index contributed by atoms with van der Waals surface area (Å²) in [5.41, 5.74) is 0.461. The van der Waals surface area contributed by atoms with Crippen LogP contribution in [0.1, 0.15) is 12.5 Å². The second kappa shape index (κ2) is 5.82. The molecule has 0 bridgehead atoms. The van der Waals surface area contributed by atoms with Crippen molar-refractivity contribution in [1.29, 1.82) is 5.26 Å². The monoisotopic (exact) mass is 235 g/mol. The summed E-state index contributed by atoms with van der Waals surface area (Å²) >= 11 is 0. The third-order valence-electron chi connectivity index (χ3n) is 2.31. The Balaban J connectivity index is 2.86. The summed E-state index contributed by atoms with van der Waals surface area (Å²) in [5.74, 6) is 0. The number of ether oxygens (including phenoxy) is 1. The first kappa shape index (κ1) is 12.9. The van der Waals surface area contributed by atoms with Gasteiger partial charge in [-0.2, -0.15) is 5.26 Å². The third kappa shape index (κ3) is 3.43. The molecule has 1 aromatic rings. The van der Waals surface area contributed by atoms with Gasteiger partial charge in [-0.05, 0) is 19.1 Å². The number of anilines is 1. The van der Waals surface area contributed by atoms with Gasteiger partial charge in [0.2, 0.25) is 0 Å². The van der Waals surface area contributed by atoms with Gasteiger partial charge in [0.1, 0.15) is 11.6 Å². The summed E-state index contributed by atoms with van der Waals surface area (Å²) in [6.45, 7) is 2.42. The van der Waals surface area contributed by atoms with Gasteiger partial charge in [-0.25, -0.2) is 0 Å². The molecular formula is C11H13N3O3. The Labute approximate surface area is 99.0 Å². The maximum atomic E-state index is 10.7. The molecular weight excluding hydrogens is 222 g/mol. The number of nitrogens with one attached hydrogen (secondary N) is 1. The molecule has 1 unspecified atom stereocenters. The Hall–Kier alpha value is -2.13. The molecule has 0 spiro atoms. The van der Waals surface area contributed by atoms with Crippen molar-refractivity contribution in [2.75, 3.05) is 19.0 Å². The summed E-state index contributed by atoms with van der Waals surface area (Å²) < 4.78 is 5.05. The number of nitriles is 1. The number of methoxy groups -OCH3 is 1. The Morgan fingerprint density at radius 2 is 2.35 bits per heavy atom. The zero-order chi connectivity index (χ0) is 12.8. The second-order valence-electron chi connectivity index (χ2n) is 3.53. The lowest BCUT2D eigenvalue weighted by molar-refractivity contribution is -0.385. The van der Waals surface area contributed by atoms with Crippen LogP contribution in [0.4, 0.5) is 11.4 Å². The van der Waals surface area contributed by atoms with E-state index in [1.54, 1.807) is 19.2 Å². The number of hydrogen-bond donors (Lipinski definition) is 1. The maximum Gasteiger partial charge on any atom is 0.289 e. The van der Waals surface area contributed by atoms with Gasteiger partial charge >= 0.3 is 0 Å². The molecule has 0 saturated heterocycles. The van der Waals surface area contributed by atoms with Gasteiger partial charge in [0.15, 0.2) is 0 Å². The van der Waals surface area contributed by atoms with Gasteiger partial charge in [-0.15, -0.1) is 0 Å². The summed E-state index contributed by atoms with van der Waals surface area (Å²) in [4.78, 5) is 10.2. The minimum absolute atomic E-state index is 0.00435. The van der Waals surface area contributed by atoms with Crippen molar-refractivity contribution in [2.45, 2.75) is 13.0 Å². The van der Waals surface area contributed by atoms with Crippen molar-refractivity contribution < 1.29 is 9.66 Å². The molecule has 0 aliphatic carbocycles. The SMILES string of the molecule is COC(C)CNc1ccc(C#N)c([N+](=O)[O-])c1. The van der Waals surface area contributed by atoms with Crippen LogP contribution >= 0.6 is 0 Å². The zero-order valence-electron chi connectivity index (χ0n) is 9.64. The third-order valence-corrected chi connectivity index (χ3v) is 2.31. The summed E-state index contributed by atoms with van der Waals surface area (Å²) in [6, 6.07) is 6.20. The van der Waals surface area contributed by atoms with Gasteiger partial charge in [0.25, 0.3) is 5.69 Å². The Kier molecular flexibility index (Phi) is 4.43. The highest BCUT2D eigenvalue weighted by Crippen LogP contribution is 2.22. The highest BCUT2D eigenvalue weighted by atomic mass is 16.6. The van der Waals surface area contributed by atoms with Gasteiger partial charge < -0.3 is 10.1 Å². The molecule has 1 rings (SSSR count). The number of nitro groups is 1. The summed E-state index contributed by atoms with van der Waals surface area (Å²) in [7, 11) is 1.59. The van der Waals surface area contributed by atoms with Crippen molar-refractivity contribution in [3.05, 3.63) is 33.9 Å². The number of nitrogens with zero attached hydrogens (tertiary/aromatic N) is 2. The van der Waals surface area contributed by atoms with Crippen molar-refractivity contribution in [1.82, 2.24) is 0 Å². The normalized spacial score (nSPS) is 11.6. The van der Waals surface area contributed by atoms with E-state index in [1.807, 2.05) is 6.92 Å². The average molecular weight is 235 g/mol. The van der Waals surface area contributed by atoms with Crippen LogP contribution in [-0.4, -0.2) is 24.7 Å². The van der Waals surface area contributed by atoms with Crippen molar-refractivity contribution in [2.24, 2.45) is 0 Å². The minimum Gasteiger partial charge on any atom is -0.382 e. The molecule has 0 aromatic heterocycles. The fourth-order valence-electron chi connectivity index (χ4n) is 1.23. The Bertz CT molecular complexity index is 454. The fourth-order valence-corrected chi connectivity index (χ4v) is 1.23. The minimum atomic E-state index is -0.566. The van der Waals surface area contributed by atoms with Crippen molar-refractivity contribution >= 4 is 11.4 Å². The molecule has 0 fully saturated rings. The number of benzene rings is 1. The van der Waals surface area contributed by atoms with Gasteiger partial charge in [-0.3, -0.25) is 10.1 Å². The Morgan fingerprint density at radius 3 is 2.88 bits per heavy atom. The van der Waals surface area contributed by atoms with E-state index >= 15 is 0 Å². The number of hydrogen-bond acceptors (Lipinski definition) is 5. The van der Waals surface area contributed by atoms with Crippen molar-refractivity contribution in [3.63, 3.8) is 0 Å². The lowest BCUT2D eigenvalue weighted by Gasteiger charge is -2.11. The predicted octanol–water partition coefficient (Wildman–Crippen LogP) is 1.91. The molecule has 90 valence electrons. The quantitative estimate of drug-likeness (QED) is 0.622. The second-order valence-corrected chi connectivity index (χ2v) is 3.53. The molecule has 0 aliphatic rings. The van der Waals surface area contributed by atoms with Gasteiger partial charge in [0.05, 0.1) is 11.0 Å². The van der Waals surface area contributed by atoms with E-state index in [2.05, 4.69) is 5.32 Å². The largest absolute Gasteiger partial charge is 0.382 e. The van der Waals surface area contributed by atoms with Crippen LogP contribution in [0.2, 0.25) is 0 Å². The molecule has 1 atom stereocenters. The molecule has 0 heterocycles. The molecule has 6 heteroatoms. The molecule has 1 aromatic carbocycles. The number of nitro benzene ring substituents is 1. The van der Waals surface area contributed by atoms with E-state index in [-0.39, 0.29) is 17.4 Å². The predicted molar refractivity (Wildman–Crippen MR) is 62.8 cm³/mol. The standard InChI is InChI=1S/C11H13N3O3/c1-8(17-2)7-13-10-4-3-9(6-12)11(5-10)14(15)16/h3-5,8,13H,7H2,1-2H3. The van der Waals surface area contributed by atoms with Gasteiger partial charge in [0, 0.05) is 25.4 Å². The molecule has 0 aliphatic heterocycles. The van der Waals surface area contributed by atoms with E-state index in [0.29, 0.717) is 12.2 Å². The van der Waals surface area contributed by atoms with E-state index in [9.17, 15) is 10.1 Å². The van der Waals surface area contributed by atoms with E-state index in [4.69, 9.17) is 10.00 Å². The molecule has 0 radical (unpaired) electrons. The first-order valence-electron chi connectivity index (χ1n) is 5.03.